The molecular weight excluding hydrogens is 304 g/mol. The zero-order valence-electron chi connectivity index (χ0n) is 10.5. The maximum absolute atomic E-state index is 12.0. The molecular formula is C13H10ClF2N3O2. The van der Waals surface area contributed by atoms with E-state index >= 15 is 0 Å². The van der Waals surface area contributed by atoms with Crippen LogP contribution in [0.15, 0.2) is 36.4 Å². The molecule has 1 aromatic carbocycles. The van der Waals surface area contributed by atoms with Gasteiger partial charge < -0.3 is 15.8 Å². The third-order valence-corrected chi connectivity index (χ3v) is 2.61. The third kappa shape index (κ3) is 4.28. The van der Waals surface area contributed by atoms with Crippen molar-refractivity contribution in [3.8, 4) is 5.75 Å². The van der Waals surface area contributed by atoms with Crippen LogP contribution in [0.2, 0.25) is 5.15 Å². The molecule has 1 amide bonds. The SMILES string of the molecule is Nc1cc(C(=O)Nc2ccc(OC(F)F)cc2)cc(Cl)n1. The van der Waals surface area contributed by atoms with Crippen LogP contribution in [-0.4, -0.2) is 17.5 Å². The number of aromatic nitrogens is 1. The van der Waals surface area contributed by atoms with Crippen LogP contribution in [0.3, 0.4) is 0 Å². The summed E-state index contributed by atoms with van der Waals surface area (Å²) in [6.45, 7) is -2.90. The molecule has 0 spiro atoms. The molecule has 0 atom stereocenters. The van der Waals surface area contributed by atoms with Gasteiger partial charge in [-0.15, -0.1) is 0 Å². The van der Waals surface area contributed by atoms with Gasteiger partial charge in [-0.3, -0.25) is 4.79 Å². The molecule has 5 nitrogen and oxygen atoms in total. The number of halogens is 3. The highest BCUT2D eigenvalue weighted by molar-refractivity contribution is 6.30. The fourth-order valence-electron chi connectivity index (χ4n) is 1.57. The number of carbonyl (C=O) groups is 1. The van der Waals surface area contributed by atoms with Crippen molar-refractivity contribution in [2.24, 2.45) is 0 Å². The molecule has 8 heteroatoms. The zero-order valence-corrected chi connectivity index (χ0v) is 11.3. The van der Waals surface area contributed by atoms with E-state index in [0.29, 0.717) is 5.69 Å². The Hall–Kier alpha value is -2.41. The van der Waals surface area contributed by atoms with E-state index < -0.39 is 12.5 Å². The normalized spacial score (nSPS) is 10.5. The second-order valence-electron chi connectivity index (χ2n) is 3.96. The Bertz CT molecular complexity index is 630. The van der Waals surface area contributed by atoms with E-state index in [4.69, 9.17) is 17.3 Å². The molecule has 2 rings (SSSR count). The third-order valence-electron chi connectivity index (χ3n) is 2.41. The van der Waals surface area contributed by atoms with Crippen molar-refractivity contribution in [3.63, 3.8) is 0 Å². The standard InChI is InChI=1S/C13H10ClF2N3O2/c14-10-5-7(6-11(17)19-10)12(20)18-8-1-3-9(4-2-8)21-13(15)16/h1-6,13H,(H2,17,19)(H,18,20). The molecule has 0 aliphatic carbocycles. The van der Waals surface area contributed by atoms with E-state index in [1.807, 2.05) is 0 Å². The van der Waals surface area contributed by atoms with E-state index in [0.717, 1.165) is 0 Å². The van der Waals surface area contributed by atoms with Gasteiger partial charge in [0.1, 0.15) is 16.7 Å². The molecule has 0 saturated carbocycles. The molecule has 0 aliphatic rings. The van der Waals surface area contributed by atoms with E-state index in [2.05, 4.69) is 15.0 Å². The number of nitrogen functional groups attached to an aromatic ring is 1. The van der Waals surface area contributed by atoms with Gasteiger partial charge in [-0.2, -0.15) is 8.78 Å². The monoisotopic (exact) mass is 313 g/mol. The van der Waals surface area contributed by atoms with Crippen LogP contribution in [-0.2, 0) is 0 Å². The summed E-state index contributed by atoms with van der Waals surface area (Å²) in [6, 6.07) is 8.23. The lowest BCUT2D eigenvalue weighted by molar-refractivity contribution is -0.0498. The molecule has 0 unspecified atom stereocenters. The number of benzene rings is 1. The van der Waals surface area contributed by atoms with Gasteiger partial charge in [0.2, 0.25) is 0 Å². The predicted octanol–water partition coefficient (Wildman–Crippen LogP) is 3.17. The first kappa shape index (κ1) is 15.0. The van der Waals surface area contributed by atoms with Gasteiger partial charge in [-0.25, -0.2) is 4.98 Å². The first-order valence-corrected chi connectivity index (χ1v) is 6.11. The Kier molecular flexibility index (Phi) is 4.54. The predicted molar refractivity (Wildman–Crippen MR) is 74.7 cm³/mol. The first-order chi connectivity index (χ1) is 9.94. The molecule has 0 radical (unpaired) electrons. The average molecular weight is 314 g/mol. The lowest BCUT2D eigenvalue weighted by atomic mass is 10.2. The molecule has 1 aromatic heterocycles. The second-order valence-corrected chi connectivity index (χ2v) is 4.35. The van der Waals surface area contributed by atoms with Crippen LogP contribution in [0.4, 0.5) is 20.3 Å². The number of nitrogens with two attached hydrogens (primary N) is 1. The maximum atomic E-state index is 12.0. The van der Waals surface area contributed by atoms with Crippen LogP contribution < -0.4 is 15.8 Å². The minimum Gasteiger partial charge on any atom is -0.435 e. The summed E-state index contributed by atoms with van der Waals surface area (Å²) in [7, 11) is 0. The van der Waals surface area contributed by atoms with Crippen LogP contribution in [0.5, 0.6) is 5.75 Å². The number of amides is 1. The number of alkyl halides is 2. The number of hydrogen-bond acceptors (Lipinski definition) is 4. The van der Waals surface area contributed by atoms with Crippen LogP contribution in [0.1, 0.15) is 10.4 Å². The summed E-state index contributed by atoms with van der Waals surface area (Å²) in [5.41, 5.74) is 6.14. The Morgan fingerprint density at radius 1 is 1.29 bits per heavy atom. The van der Waals surface area contributed by atoms with Gasteiger partial charge in [0.05, 0.1) is 0 Å². The summed E-state index contributed by atoms with van der Waals surface area (Å²) in [5, 5.41) is 2.67. The first-order valence-electron chi connectivity index (χ1n) is 5.73. The highest BCUT2D eigenvalue weighted by Gasteiger charge is 2.09. The number of carbonyl (C=O) groups excluding carboxylic acids is 1. The molecule has 110 valence electrons. The summed E-state index contributed by atoms with van der Waals surface area (Å²) < 4.78 is 28.2. The highest BCUT2D eigenvalue weighted by Crippen LogP contribution is 2.19. The Balaban J connectivity index is 2.08. The Morgan fingerprint density at radius 3 is 2.52 bits per heavy atom. The van der Waals surface area contributed by atoms with Crippen LogP contribution >= 0.6 is 11.6 Å². The highest BCUT2D eigenvalue weighted by atomic mass is 35.5. The average Bonchev–Trinajstić information content (AvgIpc) is 2.39. The summed E-state index contributed by atoms with van der Waals surface area (Å²) in [5.74, 6) is -0.332. The Labute approximate surface area is 123 Å². The van der Waals surface area contributed by atoms with Crippen molar-refractivity contribution < 1.29 is 18.3 Å². The van der Waals surface area contributed by atoms with E-state index in [1.165, 1.54) is 36.4 Å². The number of nitrogens with one attached hydrogen (secondary N) is 1. The van der Waals surface area contributed by atoms with Gasteiger partial charge in [0, 0.05) is 11.3 Å². The van der Waals surface area contributed by atoms with Gasteiger partial charge in [0.15, 0.2) is 0 Å². The molecule has 0 fully saturated rings. The summed E-state index contributed by atoms with van der Waals surface area (Å²) in [4.78, 5) is 15.7. The number of ether oxygens (including phenoxy) is 1. The van der Waals surface area contributed by atoms with E-state index in [9.17, 15) is 13.6 Å². The number of pyridine rings is 1. The molecule has 3 N–H and O–H groups in total. The molecule has 2 aromatic rings. The fraction of sp³-hybridized carbons (Fsp3) is 0.0769. The smallest absolute Gasteiger partial charge is 0.387 e. The van der Waals surface area contributed by atoms with Crippen molar-refractivity contribution in [3.05, 3.63) is 47.1 Å². The van der Waals surface area contributed by atoms with Crippen molar-refractivity contribution in [2.45, 2.75) is 6.61 Å². The number of nitrogens with zero attached hydrogens (tertiary/aromatic N) is 1. The molecule has 0 aliphatic heterocycles. The largest absolute Gasteiger partial charge is 0.435 e. The van der Waals surface area contributed by atoms with Crippen molar-refractivity contribution in [2.75, 3.05) is 11.1 Å². The molecule has 1 heterocycles. The minimum atomic E-state index is -2.90. The fourth-order valence-corrected chi connectivity index (χ4v) is 1.79. The number of hydrogen-bond donors (Lipinski definition) is 2. The Morgan fingerprint density at radius 2 is 1.95 bits per heavy atom. The van der Waals surface area contributed by atoms with E-state index in [-0.39, 0.29) is 22.3 Å². The maximum Gasteiger partial charge on any atom is 0.387 e. The van der Waals surface area contributed by atoms with Crippen LogP contribution in [0.25, 0.3) is 0 Å². The molecule has 21 heavy (non-hydrogen) atoms. The van der Waals surface area contributed by atoms with Crippen LogP contribution in [0, 0.1) is 0 Å². The molecule has 0 bridgehead atoms. The topological polar surface area (TPSA) is 77.2 Å². The summed E-state index contributed by atoms with van der Waals surface area (Å²) >= 11 is 5.71. The zero-order chi connectivity index (χ0) is 15.4. The lowest BCUT2D eigenvalue weighted by Gasteiger charge is -2.08. The van der Waals surface area contributed by atoms with E-state index in [1.54, 1.807) is 0 Å². The van der Waals surface area contributed by atoms with Gasteiger partial charge in [-0.1, -0.05) is 11.6 Å². The van der Waals surface area contributed by atoms with Crippen molar-refractivity contribution >= 4 is 29.0 Å². The van der Waals surface area contributed by atoms with Crippen molar-refractivity contribution in [1.82, 2.24) is 4.98 Å². The quantitative estimate of drug-likeness (QED) is 0.850. The minimum absolute atomic E-state index is 0.000742. The second kappa shape index (κ2) is 6.36. The van der Waals surface area contributed by atoms with Gasteiger partial charge in [-0.05, 0) is 36.4 Å². The van der Waals surface area contributed by atoms with Crippen molar-refractivity contribution in [1.29, 1.82) is 0 Å². The number of anilines is 2. The summed E-state index contributed by atoms with van der Waals surface area (Å²) in [6.07, 6.45) is 0. The van der Waals surface area contributed by atoms with Gasteiger partial charge in [0.25, 0.3) is 5.91 Å². The van der Waals surface area contributed by atoms with Gasteiger partial charge >= 0.3 is 6.61 Å². The molecule has 0 saturated heterocycles. The number of rotatable bonds is 4. The lowest BCUT2D eigenvalue weighted by Crippen LogP contribution is -2.12.